The molecule has 8 heteroatoms. The molecule has 1 atom stereocenters. The molecule has 1 amide bonds. The second kappa shape index (κ2) is 7.24. The van der Waals surface area contributed by atoms with Gasteiger partial charge in [-0.05, 0) is 23.9 Å². The number of carbonyl (C=O) groups is 1. The molecule has 0 spiro atoms. The number of hydrogen-bond acceptors (Lipinski definition) is 4. The topological polar surface area (TPSA) is 32.8 Å². The highest BCUT2D eigenvalue weighted by atomic mass is 32.5. The zero-order valence-electron chi connectivity index (χ0n) is 10.9. The number of halogens is 1. The minimum atomic E-state index is -2.34. The van der Waals surface area contributed by atoms with E-state index >= 15 is 0 Å². The first kappa shape index (κ1) is 16.4. The van der Waals surface area contributed by atoms with E-state index in [0.29, 0.717) is 11.9 Å². The van der Waals surface area contributed by atoms with Crippen LogP contribution in [0.5, 0.6) is 5.75 Å². The number of carbonyl (C=O) groups excluding carboxylic acids is 1. The Morgan fingerprint density at radius 3 is 2.47 bits per heavy atom. The van der Waals surface area contributed by atoms with Crippen molar-refractivity contribution < 1.29 is 13.7 Å². The molecular formula is C11H16FN2O2PS2. The fourth-order valence-electron chi connectivity index (χ4n) is 1.23. The Hall–Kier alpha value is -0.620. The molecule has 1 unspecified atom stereocenters. The fourth-order valence-corrected chi connectivity index (χ4v) is 4.49. The first-order valence-electron chi connectivity index (χ1n) is 5.58. The van der Waals surface area contributed by atoms with E-state index in [1.54, 1.807) is 11.1 Å². The summed E-state index contributed by atoms with van der Waals surface area (Å²) in [5.41, 5.74) is 0. The Morgan fingerprint density at radius 2 is 2.00 bits per heavy atom. The normalized spacial score (nSPS) is 13.9. The molecule has 0 saturated heterocycles. The van der Waals surface area contributed by atoms with Crippen molar-refractivity contribution in [2.24, 2.45) is 0 Å². The largest absolute Gasteiger partial charge is 0.452 e. The summed E-state index contributed by atoms with van der Waals surface area (Å²) in [5.74, 6) is 0.675. The zero-order valence-corrected chi connectivity index (χ0v) is 13.5. The Bertz CT molecular complexity index is 475. The predicted octanol–water partition coefficient (Wildman–Crippen LogP) is 3.91. The number of nitrogens with zero attached hydrogens (tertiary/aromatic N) is 2. The van der Waals surface area contributed by atoms with E-state index in [0.717, 1.165) is 16.4 Å². The van der Waals surface area contributed by atoms with Crippen LogP contribution in [0.4, 0.5) is 9.18 Å². The monoisotopic (exact) mass is 322 g/mol. The van der Waals surface area contributed by atoms with Crippen LogP contribution in [0.2, 0.25) is 0 Å². The van der Waals surface area contributed by atoms with Gasteiger partial charge in [-0.15, -0.1) is 4.39 Å². The van der Waals surface area contributed by atoms with Crippen LogP contribution in [-0.2, 0) is 11.8 Å². The molecule has 106 valence electrons. The highest BCUT2D eigenvalue weighted by Gasteiger charge is 2.26. The average molecular weight is 322 g/mol. The number of rotatable bonds is 6. The molecule has 0 bridgehead atoms. The average Bonchev–Trinajstić information content (AvgIpc) is 2.39. The zero-order chi connectivity index (χ0) is 14.5. The quantitative estimate of drug-likeness (QED) is 0.343. The summed E-state index contributed by atoms with van der Waals surface area (Å²) < 4.78 is 20.9. The highest BCUT2D eigenvalue weighted by Crippen LogP contribution is 2.53. The standard InChI is InChI=1S/C11H16FN2O2PS2/c1-4-17(18,14(3)19-13(2)11(12)15)16-10-8-6-5-7-9-10/h5-9H,4H2,1-3H3. The van der Waals surface area contributed by atoms with E-state index in [2.05, 4.69) is 0 Å². The number of hydrogen-bond donors (Lipinski definition) is 0. The number of amides is 1. The first-order valence-corrected chi connectivity index (χ1v) is 9.17. The van der Waals surface area contributed by atoms with Gasteiger partial charge in [-0.3, -0.25) is 0 Å². The van der Waals surface area contributed by atoms with Gasteiger partial charge < -0.3 is 4.52 Å². The molecule has 0 fully saturated rings. The second-order valence-corrected chi connectivity index (χ2v) is 9.59. The second-order valence-electron chi connectivity index (χ2n) is 3.65. The Kier molecular flexibility index (Phi) is 6.26. The molecule has 0 N–H and O–H groups in total. The lowest BCUT2D eigenvalue weighted by atomic mass is 10.3. The van der Waals surface area contributed by atoms with Crippen LogP contribution in [0.1, 0.15) is 6.92 Å². The van der Waals surface area contributed by atoms with Gasteiger partial charge in [0.25, 0.3) is 0 Å². The summed E-state index contributed by atoms with van der Waals surface area (Å²) in [5, 5.41) is 0. The summed E-state index contributed by atoms with van der Waals surface area (Å²) in [6.07, 6.45) is -3.25. The van der Waals surface area contributed by atoms with Crippen molar-refractivity contribution in [2.45, 2.75) is 6.92 Å². The molecule has 0 aliphatic heterocycles. The molecule has 0 aromatic heterocycles. The maximum atomic E-state index is 12.6. The van der Waals surface area contributed by atoms with Gasteiger partial charge in [-0.2, -0.15) is 4.08 Å². The third-order valence-electron chi connectivity index (χ3n) is 2.31. The molecule has 0 aliphatic rings. The molecule has 0 aliphatic carbocycles. The van der Waals surface area contributed by atoms with Gasteiger partial charge in [0.1, 0.15) is 5.75 Å². The smallest absolute Gasteiger partial charge is 0.410 e. The SMILES string of the molecule is CCP(=S)(Oc1ccccc1)N(C)SN(C)C(=O)F. The van der Waals surface area contributed by atoms with Crippen LogP contribution in [0.25, 0.3) is 0 Å². The van der Waals surface area contributed by atoms with Crippen molar-refractivity contribution in [2.75, 3.05) is 20.3 Å². The maximum absolute atomic E-state index is 12.6. The van der Waals surface area contributed by atoms with E-state index in [1.165, 1.54) is 7.05 Å². The van der Waals surface area contributed by atoms with Crippen molar-refractivity contribution in [3.05, 3.63) is 30.3 Å². The van der Waals surface area contributed by atoms with Gasteiger partial charge in [0.15, 0.2) is 6.42 Å². The van der Waals surface area contributed by atoms with Crippen LogP contribution >= 0.6 is 18.5 Å². The first-order chi connectivity index (χ1) is 8.89. The number of para-hydroxylation sites is 1. The lowest BCUT2D eigenvalue weighted by Crippen LogP contribution is -2.22. The summed E-state index contributed by atoms with van der Waals surface area (Å²) in [6.45, 7) is 1.91. The van der Waals surface area contributed by atoms with Crippen LogP contribution < -0.4 is 4.52 Å². The Balaban J connectivity index is 2.79. The van der Waals surface area contributed by atoms with Gasteiger partial charge in [0.05, 0.1) is 12.1 Å². The van der Waals surface area contributed by atoms with E-state index in [9.17, 15) is 9.18 Å². The van der Waals surface area contributed by atoms with Crippen LogP contribution in [0.3, 0.4) is 0 Å². The molecule has 1 aromatic carbocycles. The Labute approximate surface area is 122 Å². The summed E-state index contributed by atoms with van der Waals surface area (Å²) in [7, 11) is 3.05. The van der Waals surface area contributed by atoms with Gasteiger partial charge in [-0.25, -0.2) is 9.10 Å². The van der Waals surface area contributed by atoms with E-state index in [4.69, 9.17) is 16.3 Å². The fraction of sp³-hybridized carbons (Fsp3) is 0.364. The number of benzene rings is 1. The summed E-state index contributed by atoms with van der Waals surface area (Å²) in [4.78, 5) is 10.6. The van der Waals surface area contributed by atoms with Crippen molar-refractivity contribution in [3.8, 4) is 5.75 Å². The van der Waals surface area contributed by atoms with Crippen molar-refractivity contribution in [3.63, 3.8) is 0 Å². The van der Waals surface area contributed by atoms with Crippen LogP contribution in [-0.4, -0.2) is 34.8 Å². The maximum Gasteiger partial charge on any atom is 0.410 e. The lowest BCUT2D eigenvalue weighted by Gasteiger charge is -2.31. The van der Waals surface area contributed by atoms with Gasteiger partial charge in [0.2, 0.25) is 0 Å². The van der Waals surface area contributed by atoms with Gasteiger partial charge >= 0.3 is 6.16 Å². The van der Waals surface area contributed by atoms with Crippen LogP contribution in [0, 0.1) is 0 Å². The van der Waals surface area contributed by atoms with Crippen molar-refractivity contribution in [1.29, 1.82) is 0 Å². The molecule has 1 rings (SSSR count). The summed E-state index contributed by atoms with van der Waals surface area (Å²) in [6, 6.07) is 9.23. The minimum absolute atomic E-state index is 0.606. The van der Waals surface area contributed by atoms with Crippen LogP contribution in [0.15, 0.2) is 30.3 Å². The Morgan fingerprint density at radius 1 is 1.42 bits per heavy atom. The molecule has 0 heterocycles. The minimum Gasteiger partial charge on any atom is -0.452 e. The van der Waals surface area contributed by atoms with Gasteiger partial charge in [0, 0.05) is 20.3 Å². The van der Waals surface area contributed by atoms with Crippen molar-refractivity contribution in [1.82, 2.24) is 8.38 Å². The van der Waals surface area contributed by atoms with E-state index in [-0.39, 0.29) is 0 Å². The molecular weight excluding hydrogens is 306 g/mol. The molecule has 1 aromatic rings. The highest BCUT2D eigenvalue weighted by molar-refractivity contribution is 8.16. The third kappa shape index (κ3) is 4.76. The molecule has 0 radical (unpaired) electrons. The molecule has 4 nitrogen and oxygen atoms in total. The van der Waals surface area contributed by atoms with E-state index < -0.39 is 12.6 Å². The molecule has 19 heavy (non-hydrogen) atoms. The van der Waals surface area contributed by atoms with Gasteiger partial charge in [-0.1, -0.05) is 25.1 Å². The van der Waals surface area contributed by atoms with Crippen molar-refractivity contribution >= 4 is 36.5 Å². The predicted molar refractivity (Wildman–Crippen MR) is 81.5 cm³/mol. The van der Waals surface area contributed by atoms with E-state index in [1.807, 2.05) is 37.3 Å². The molecule has 0 saturated carbocycles. The summed E-state index contributed by atoms with van der Waals surface area (Å²) >= 11 is 6.47. The third-order valence-corrected chi connectivity index (χ3v) is 8.14. The lowest BCUT2D eigenvalue weighted by molar-refractivity contribution is 0.209.